The zero-order valence-corrected chi connectivity index (χ0v) is 20.7. The minimum absolute atomic E-state index is 0.0511. The predicted molar refractivity (Wildman–Crippen MR) is 137 cm³/mol. The van der Waals surface area contributed by atoms with E-state index in [-0.39, 0.29) is 11.8 Å². The molecule has 184 valence electrons. The average molecular weight is 475 g/mol. The van der Waals surface area contributed by atoms with Gasteiger partial charge in [0.15, 0.2) is 11.5 Å². The number of carbonyl (C=O) groups excluding carboxylic acids is 2. The van der Waals surface area contributed by atoms with E-state index >= 15 is 0 Å². The molecule has 6 nitrogen and oxygen atoms in total. The molecule has 0 radical (unpaired) electrons. The number of hydrogen-bond donors (Lipinski definition) is 1. The Morgan fingerprint density at radius 1 is 0.829 bits per heavy atom. The first-order valence-electron chi connectivity index (χ1n) is 11.9. The zero-order valence-electron chi connectivity index (χ0n) is 20.7. The molecule has 6 heteroatoms. The molecular formula is C29H34N2O4. The molecule has 0 aliphatic rings. The van der Waals surface area contributed by atoms with Crippen LogP contribution in [0.15, 0.2) is 78.9 Å². The first-order chi connectivity index (χ1) is 17.0. The Morgan fingerprint density at radius 2 is 1.46 bits per heavy atom. The second kappa shape index (κ2) is 13.2. The lowest BCUT2D eigenvalue weighted by molar-refractivity contribution is -0.141. The number of benzene rings is 3. The molecule has 0 fully saturated rings. The van der Waals surface area contributed by atoms with Crippen LogP contribution in [0.2, 0.25) is 0 Å². The summed E-state index contributed by atoms with van der Waals surface area (Å²) >= 11 is 0. The Morgan fingerprint density at radius 3 is 2.06 bits per heavy atom. The second-order valence-electron chi connectivity index (χ2n) is 8.30. The van der Waals surface area contributed by atoms with Gasteiger partial charge >= 0.3 is 0 Å². The molecule has 0 heterocycles. The number of nitrogens with zero attached hydrogens (tertiary/aromatic N) is 1. The van der Waals surface area contributed by atoms with Gasteiger partial charge in [-0.2, -0.15) is 0 Å². The lowest BCUT2D eigenvalue weighted by Crippen LogP contribution is -2.50. The molecule has 1 atom stereocenters. The van der Waals surface area contributed by atoms with Crippen molar-refractivity contribution in [2.75, 3.05) is 20.8 Å². The molecule has 0 bridgehead atoms. The maximum absolute atomic E-state index is 13.5. The van der Waals surface area contributed by atoms with Gasteiger partial charge in [-0.15, -0.1) is 0 Å². The van der Waals surface area contributed by atoms with Crippen LogP contribution in [-0.4, -0.2) is 43.5 Å². The highest BCUT2D eigenvalue weighted by molar-refractivity contribution is 5.88. The van der Waals surface area contributed by atoms with Crippen LogP contribution < -0.4 is 14.8 Å². The average Bonchev–Trinajstić information content (AvgIpc) is 2.91. The lowest BCUT2D eigenvalue weighted by Gasteiger charge is -2.31. The summed E-state index contributed by atoms with van der Waals surface area (Å²) < 4.78 is 10.7. The van der Waals surface area contributed by atoms with Crippen molar-refractivity contribution in [3.8, 4) is 11.5 Å². The predicted octanol–water partition coefficient (Wildman–Crippen LogP) is 4.41. The Bertz CT molecular complexity index is 1090. The molecule has 3 aromatic carbocycles. The number of rotatable bonds is 12. The Hall–Kier alpha value is -3.80. The van der Waals surface area contributed by atoms with Gasteiger partial charge in [0.25, 0.3) is 0 Å². The fourth-order valence-corrected chi connectivity index (χ4v) is 4.02. The monoisotopic (exact) mass is 474 g/mol. The quantitative estimate of drug-likeness (QED) is 0.422. The molecule has 0 saturated carbocycles. The minimum Gasteiger partial charge on any atom is -0.493 e. The van der Waals surface area contributed by atoms with E-state index in [4.69, 9.17) is 9.47 Å². The summed E-state index contributed by atoms with van der Waals surface area (Å²) in [5.41, 5.74) is 3.02. The van der Waals surface area contributed by atoms with Crippen LogP contribution in [0, 0.1) is 0 Å². The van der Waals surface area contributed by atoms with Crippen molar-refractivity contribution in [1.29, 1.82) is 0 Å². The first-order valence-corrected chi connectivity index (χ1v) is 11.9. The third-order valence-electron chi connectivity index (χ3n) is 5.93. The number of ether oxygens (including phenoxy) is 2. The molecule has 0 saturated heterocycles. The van der Waals surface area contributed by atoms with E-state index in [1.165, 1.54) is 0 Å². The van der Waals surface area contributed by atoms with E-state index in [1.807, 2.05) is 85.8 Å². The molecule has 0 aliphatic heterocycles. The van der Waals surface area contributed by atoms with E-state index in [0.29, 0.717) is 43.9 Å². The van der Waals surface area contributed by atoms with Gasteiger partial charge in [0.05, 0.1) is 14.2 Å². The normalized spacial score (nSPS) is 11.4. The zero-order chi connectivity index (χ0) is 25.0. The lowest BCUT2D eigenvalue weighted by atomic mass is 10.0. The largest absolute Gasteiger partial charge is 0.493 e. The number of carbonyl (C=O) groups is 2. The van der Waals surface area contributed by atoms with Crippen LogP contribution in [0.5, 0.6) is 11.5 Å². The smallest absolute Gasteiger partial charge is 0.243 e. The third kappa shape index (κ3) is 7.34. The third-order valence-corrected chi connectivity index (χ3v) is 5.93. The number of hydrogen-bond acceptors (Lipinski definition) is 4. The van der Waals surface area contributed by atoms with Crippen LogP contribution in [0.1, 0.15) is 30.0 Å². The van der Waals surface area contributed by atoms with Gasteiger partial charge in [-0.3, -0.25) is 9.59 Å². The highest BCUT2D eigenvalue weighted by atomic mass is 16.5. The van der Waals surface area contributed by atoms with Crippen molar-refractivity contribution in [1.82, 2.24) is 10.2 Å². The summed E-state index contributed by atoms with van der Waals surface area (Å²) in [6.45, 7) is 2.65. The van der Waals surface area contributed by atoms with E-state index in [1.54, 1.807) is 19.1 Å². The molecule has 0 aliphatic carbocycles. The van der Waals surface area contributed by atoms with E-state index in [9.17, 15) is 9.59 Å². The molecule has 0 unspecified atom stereocenters. The van der Waals surface area contributed by atoms with Crippen molar-refractivity contribution in [2.24, 2.45) is 0 Å². The molecule has 0 spiro atoms. The van der Waals surface area contributed by atoms with Crippen LogP contribution in [0.3, 0.4) is 0 Å². The van der Waals surface area contributed by atoms with Crippen LogP contribution in [0.4, 0.5) is 0 Å². The van der Waals surface area contributed by atoms with Gasteiger partial charge in [0, 0.05) is 25.9 Å². The summed E-state index contributed by atoms with van der Waals surface area (Å²) in [5.74, 6) is 1.11. The van der Waals surface area contributed by atoms with E-state index < -0.39 is 6.04 Å². The van der Waals surface area contributed by atoms with Crippen LogP contribution >= 0.6 is 0 Å². The fraction of sp³-hybridized carbons (Fsp3) is 0.310. The summed E-state index contributed by atoms with van der Waals surface area (Å²) in [7, 11) is 3.20. The summed E-state index contributed by atoms with van der Waals surface area (Å²) in [5, 5.41) is 3.06. The molecule has 0 aromatic heterocycles. The molecule has 3 rings (SSSR count). The molecule has 35 heavy (non-hydrogen) atoms. The van der Waals surface area contributed by atoms with E-state index in [2.05, 4.69) is 5.32 Å². The van der Waals surface area contributed by atoms with Gasteiger partial charge in [0.2, 0.25) is 11.8 Å². The molecule has 2 amide bonds. The molecule has 3 aromatic rings. The Balaban J connectivity index is 1.77. The van der Waals surface area contributed by atoms with Crippen molar-refractivity contribution >= 4 is 11.8 Å². The van der Waals surface area contributed by atoms with Crippen molar-refractivity contribution in [3.63, 3.8) is 0 Å². The second-order valence-corrected chi connectivity index (χ2v) is 8.30. The van der Waals surface area contributed by atoms with Gasteiger partial charge in [-0.1, -0.05) is 73.7 Å². The maximum atomic E-state index is 13.5. The Labute approximate surface area is 207 Å². The van der Waals surface area contributed by atoms with Crippen molar-refractivity contribution in [2.45, 2.75) is 38.8 Å². The standard InChI is InChI=1S/C29H34N2O4/c1-4-28(32)31(21-24-13-9-6-10-14-24)25(19-22-11-7-5-8-12-22)29(33)30-18-17-23-15-16-26(34-2)27(20-23)35-3/h5-16,20,25H,4,17-19,21H2,1-3H3,(H,30,33)/t25-/m0/s1. The van der Waals surface area contributed by atoms with Gasteiger partial charge in [0.1, 0.15) is 6.04 Å². The maximum Gasteiger partial charge on any atom is 0.243 e. The highest BCUT2D eigenvalue weighted by Gasteiger charge is 2.29. The van der Waals surface area contributed by atoms with E-state index in [0.717, 1.165) is 16.7 Å². The van der Waals surface area contributed by atoms with Crippen LogP contribution in [-0.2, 0) is 29.0 Å². The summed E-state index contributed by atoms with van der Waals surface area (Å²) in [6.07, 6.45) is 1.41. The topological polar surface area (TPSA) is 67.9 Å². The number of nitrogens with one attached hydrogen (secondary N) is 1. The molecular weight excluding hydrogens is 440 g/mol. The minimum atomic E-state index is -0.615. The SMILES string of the molecule is CCC(=O)N(Cc1ccccc1)[C@@H](Cc1ccccc1)C(=O)NCCc1ccc(OC)c(OC)c1. The van der Waals surface area contributed by atoms with Gasteiger partial charge in [-0.25, -0.2) is 0 Å². The summed E-state index contributed by atoms with van der Waals surface area (Å²) in [6, 6.07) is 24.7. The fourth-order valence-electron chi connectivity index (χ4n) is 4.02. The molecule has 1 N–H and O–H groups in total. The van der Waals surface area contributed by atoms with Crippen LogP contribution in [0.25, 0.3) is 0 Å². The van der Waals surface area contributed by atoms with Crippen molar-refractivity contribution < 1.29 is 19.1 Å². The van der Waals surface area contributed by atoms with Gasteiger partial charge < -0.3 is 19.7 Å². The Kier molecular flexibility index (Phi) is 9.72. The number of amides is 2. The highest BCUT2D eigenvalue weighted by Crippen LogP contribution is 2.27. The van der Waals surface area contributed by atoms with Crippen molar-refractivity contribution in [3.05, 3.63) is 95.6 Å². The first kappa shape index (κ1) is 25.8. The van der Waals surface area contributed by atoms with Gasteiger partial charge in [-0.05, 0) is 35.2 Å². The number of methoxy groups -OCH3 is 2. The summed E-state index contributed by atoms with van der Waals surface area (Å²) in [4.78, 5) is 28.2.